The smallest absolute Gasteiger partial charge is 0.155 e. The van der Waals surface area contributed by atoms with Gasteiger partial charge in [0.1, 0.15) is 5.75 Å². The van der Waals surface area contributed by atoms with Crippen LogP contribution in [0.1, 0.15) is 66.4 Å². The third-order valence-corrected chi connectivity index (χ3v) is 4.77. The molecule has 0 bridgehead atoms. The van der Waals surface area contributed by atoms with Gasteiger partial charge in [0.15, 0.2) is 5.78 Å². The highest BCUT2D eigenvalue weighted by atomic mass is 16.5. The molecule has 0 spiro atoms. The van der Waals surface area contributed by atoms with Crippen LogP contribution in [0.4, 0.5) is 0 Å². The molecular weight excluding hydrogens is 360 g/mol. The fourth-order valence-electron chi connectivity index (χ4n) is 3.27. The van der Waals surface area contributed by atoms with Crippen LogP contribution < -0.4 is 10.1 Å². The van der Waals surface area contributed by atoms with Crippen LogP contribution in [0.25, 0.3) is 0 Å². The van der Waals surface area contributed by atoms with Crippen molar-refractivity contribution in [2.45, 2.75) is 78.8 Å². The van der Waals surface area contributed by atoms with Crippen molar-refractivity contribution in [3.63, 3.8) is 0 Å². The molecule has 29 heavy (non-hydrogen) atoms. The molecule has 1 aromatic carbocycles. The zero-order chi connectivity index (χ0) is 22.3. The SMILES string of the molecule is CC(C)(C)NC(Cc1ccc(OCCCCC[N+](C)(C)C)cc1)C(=O)C(C)(C)C. The standard InChI is InChI=1S/C25H45N2O2/c1-24(2,3)23(28)22(26-25(4,5)6)19-20-13-15-21(16-14-20)29-18-12-10-11-17-27(7,8)9/h13-16,22,26H,10-12,17-19H2,1-9H3/q+1. The van der Waals surface area contributed by atoms with E-state index in [0.717, 1.165) is 28.8 Å². The Balaban J connectivity index is 2.57. The first-order valence-electron chi connectivity index (χ1n) is 11.0. The minimum absolute atomic E-state index is 0.111. The number of quaternary nitrogens is 1. The molecule has 0 saturated heterocycles. The van der Waals surface area contributed by atoms with Gasteiger partial charge in [-0.1, -0.05) is 32.9 Å². The average molecular weight is 406 g/mol. The van der Waals surface area contributed by atoms with Crippen LogP contribution in [0.15, 0.2) is 24.3 Å². The van der Waals surface area contributed by atoms with Gasteiger partial charge >= 0.3 is 0 Å². The quantitative estimate of drug-likeness (QED) is 0.422. The van der Waals surface area contributed by atoms with Crippen molar-refractivity contribution in [3.05, 3.63) is 29.8 Å². The van der Waals surface area contributed by atoms with E-state index in [1.54, 1.807) is 0 Å². The highest BCUT2D eigenvalue weighted by Gasteiger charge is 2.31. The lowest BCUT2D eigenvalue weighted by molar-refractivity contribution is -0.870. The Morgan fingerprint density at radius 2 is 1.55 bits per heavy atom. The number of ketones is 1. The van der Waals surface area contributed by atoms with E-state index in [1.165, 1.54) is 19.4 Å². The number of nitrogens with one attached hydrogen (secondary N) is 1. The number of Topliss-reactive ketones (excluding diaryl/α,β-unsaturated/α-hetero) is 1. The lowest BCUT2D eigenvalue weighted by atomic mass is 9.83. The molecule has 1 aromatic rings. The number of unbranched alkanes of at least 4 members (excludes halogenated alkanes) is 2. The van der Waals surface area contributed by atoms with Crippen molar-refractivity contribution >= 4 is 5.78 Å². The van der Waals surface area contributed by atoms with Crippen LogP contribution in [0.2, 0.25) is 0 Å². The molecule has 0 fully saturated rings. The van der Waals surface area contributed by atoms with Crippen molar-refractivity contribution in [1.29, 1.82) is 0 Å². The molecule has 0 amide bonds. The summed E-state index contributed by atoms with van der Waals surface area (Å²) in [6.45, 7) is 14.2. The van der Waals surface area contributed by atoms with Gasteiger partial charge in [0.05, 0.1) is 40.3 Å². The molecular formula is C25H45N2O2+. The Morgan fingerprint density at radius 1 is 0.966 bits per heavy atom. The van der Waals surface area contributed by atoms with Crippen molar-refractivity contribution in [2.24, 2.45) is 5.41 Å². The lowest BCUT2D eigenvalue weighted by Gasteiger charge is -2.32. The fraction of sp³-hybridized carbons (Fsp3) is 0.720. The summed E-state index contributed by atoms with van der Waals surface area (Å²) in [5, 5.41) is 3.51. The van der Waals surface area contributed by atoms with E-state index < -0.39 is 0 Å². The number of hydrogen-bond donors (Lipinski definition) is 1. The molecule has 166 valence electrons. The molecule has 0 aliphatic rings. The first kappa shape index (κ1) is 25.6. The van der Waals surface area contributed by atoms with Crippen molar-refractivity contribution in [1.82, 2.24) is 5.32 Å². The van der Waals surface area contributed by atoms with Gasteiger partial charge in [-0.05, 0) is 64.2 Å². The summed E-state index contributed by atoms with van der Waals surface area (Å²) >= 11 is 0. The van der Waals surface area contributed by atoms with Crippen LogP contribution in [0.5, 0.6) is 5.75 Å². The molecule has 1 rings (SSSR count). The summed E-state index contributed by atoms with van der Waals surface area (Å²) in [4.78, 5) is 12.9. The summed E-state index contributed by atoms with van der Waals surface area (Å²) in [5.41, 5.74) is 0.679. The lowest BCUT2D eigenvalue weighted by Crippen LogP contribution is -2.51. The van der Waals surface area contributed by atoms with E-state index in [2.05, 4.69) is 59.4 Å². The molecule has 4 nitrogen and oxygen atoms in total. The largest absolute Gasteiger partial charge is 0.494 e. The molecule has 4 heteroatoms. The minimum Gasteiger partial charge on any atom is -0.494 e. The minimum atomic E-state index is -0.363. The topological polar surface area (TPSA) is 38.3 Å². The number of nitrogens with zero attached hydrogens (tertiary/aromatic N) is 1. The number of carbonyl (C=O) groups is 1. The maximum atomic E-state index is 12.9. The third-order valence-electron chi connectivity index (χ3n) is 4.77. The molecule has 1 atom stereocenters. The van der Waals surface area contributed by atoms with Gasteiger partial charge < -0.3 is 14.5 Å². The van der Waals surface area contributed by atoms with Crippen LogP contribution in [-0.4, -0.2) is 56.1 Å². The van der Waals surface area contributed by atoms with Crippen molar-refractivity contribution in [3.8, 4) is 5.75 Å². The zero-order valence-corrected chi connectivity index (χ0v) is 20.4. The normalized spacial score (nSPS) is 14.0. The second-order valence-corrected chi connectivity index (χ2v) is 11.3. The predicted molar refractivity (Wildman–Crippen MR) is 124 cm³/mol. The maximum Gasteiger partial charge on any atom is 0.155 e. The number of carbonyl (C=O) groups excluding carboxylic acids is 1. The predicted octanol–water partition coefficient (Wildman–Crippen LogP) is 4.86. The Kier molecular flexibility index (Phi) is 9.36. The van der Waals surface area contributed by atoms with E-state index in [1.807, 2.05) is 32.9 Å². The van der Waals surface area contributed by atoms with Crippen molar-refractivity contribution < 1.29 is 14.0 Å². The first-order chi connectivity index (χ1) is 13.2. The van der Waals surface area contributed by atoms with E-state index in [-0.39, 0.29) is 22.8 Å². The molecule has 0 aliphatic carbocycles. The van der Waals surface area contributed by atoms with Crippen LogP contribution in [0.3, 0.4) is 0 Å². The summed E-state index contributed by atoms with van der Waals surface area (Å²) in [5.74, 6) is 1.16. The van der Waals surface area contributed by atoms with Gasteiger partial charge in [-0.3, -0.25) is 4.79 Å². The Bertz CT molecular complexity index is 616. The monoisotopic (exact) mass is 405 g/mol. The van der Waals surface area contributed by atoms with Crippen LogP contribution in [-0.2, 0) is 11.2 Å². The van der Waals surface area contributed by atoms with E-state index in [0.29, 0.717) is 6.42 Å². The number of hydrogen-bond acceptors (Lipinski definition) is 3. The highest BCUT2D eigenvalue weighted by molar-refractivity contribution is 5.89. The molecule has 0 aliphatic heterocycles. The van der Waals surface area contributed by atoms with Crippen LogP contribution in [0, 0.1) is 5.41 Å². The Labute approximate surface area is 179 Å². The second kappa shape index (κ2) is 10.6. The highest BCUT2D eigenvalue weighted by Crippen LogP contribution is 2.22. The zero-order valence-electron chi connectivity index (χ0n) is 20.4. The van der Waals surface area contributed by atoms with Crippen molar-refractivity contribution in [2.75, 3.05) is 34.3 Å². The molecule has 0 heterocycles. The van der Waals surface area contributed by atoms with E-state index in [4.69, 9.17) is 4.74 Å². The van der Waals surface area contributed by atoms with E-state index in [9.17, 15) is 4.79 Å². The first-order valence-corrected chi connectivity index (χ1v) is 11.0. The maximum absolute atomic E-state index is 12.9. The molecule has 1 N–H and O–H groups in total. The molecule has 1 unspecified atom stereocenters. The number of ether oxygens (including phenoxy) is 1. The Morgan fingerprint density at radius 3 is 2.03 bits per heavy atom. The van der Waals surface area contributed by atoms with Crippen LogP contribution >= 0.6 is 0 Å². The summed E-state index contributed by atoms with van der Waals surface area (Å²) < 4.78 is 6.91. The summed E-state index contributed by atoms with van der Waals surface area (Å²) in [7, 11) is 6.69. The van der Waals surface area contributed by atoms with Gasteiger partial charge in [0.2, 0.25) is 0 Å². The molecule has 0 aromatic heterocycles. The molecule has 0 radical (unpaired) electrons. The summed E-state index contributed by atoms with van der Waals surface area (Å²) in [6, 6.07) is 8.02. The second-order valence-electron chi connectivity index (χ2n) is 11.3. The molecule has 0 saturated carbocycles. The third kappa shape index (κ3) is 11.4. The Hall–Kier alpha value is -1.39. The summed E-state index contributed by atoms with van der Waals surface area (Å²) in [6.07, 6.45) is 4.20. The number of benzene rings is 1. The van der Waals surface area contributed by atoms with Gasteiger partial charge in [-0.25, -0.2) is 0 Å². The van der Waals surface area contributed by atoms with Gasteiger partial charge in [-0.2, -0.15) is 0 Å². The number of rotatable bonds is 11. The van der Waals surface area contributed by atoms with Gasteiger partial charge in [-0.15, -0.1) is 0 Å². The average Bonchev–Trinajstić information content (AvgIpc) is 2.55. The van der Waals surface area contributed by atoms with Gasteiger partial charge in [0, 0.05) is 11.0 Å². The fourth-order valence-corrected chi connectivity index (χ4v) is 3.27. The van der Waals surface area contributed by atoms with Gasteiger partial charge in [0.25, 0.3) is 0 Å². The van der Waals surface area contributed by atoms with E-state index >= 15 is 0 Å².